The highest BCUT2D eigenvalue weighted by atomic mass is 32.1. The number of morpholine rings is 1. The van der Waals surface area contributed by atoms with Crippen molar-refractivity contribution in [3.05, 3.63) is 120 Å². The summed E-state index contributed by atoms with van der Waals surface area (Å²) in [6.45, 7) is 10.3. The molecule has 2 aliphatic rings. The molecular weight excluding hydrogens is 641 g/mol. The molecule has 0 radical (unpaired) electrons. The molecule has 1 atom stereocenters. The van der Waals surface area contributed by atoms with Crippen molar-refractivity contribution in [2.24, 2.45) is 4.99 Å². The Morgan fingerprint density at radius 2 is 1.76 bits per heavy atom. The lowest BCUT2D eigenvalue weighted by Crippen LogP contribution is -2.43. The number of nitrogens with zero attached hydrogens (tertiary/aromatic N) is 3. The Kier molecular flexibility index (Phi) is 10.4. The second-order valence-electron chi connectivity index (χ2n) is 12.1. The fourth-order valence-electron chi connectivity index (χ4n) is 5.91. The fourth-order valence-corrected chi connectivity index (χ4v) is 6.95. The van der Waals surface area contributed by atoms with Crippen LogP contribution in [0.15, 0.2) is 93.9 Å². The lowest BCUT2D eigenvalue weighted by atomic mass is 9.93. The third-order valence-corrected chi connectivity index (χ3v) is 9.48. The minimum atomic E-state index is -0.679. The number of thiazole rings is 1. The van der Waals surface area contributed by atoms with Crippen molar-refractivity contribution in [1.29, 1.82) is 0 Å². The van der Waals surface area contributed by atoms with Crippen molar-refractivity contribution in [2.75, 3.05) is 44.8 Å². The fraction of sp³-hybridized carbons (Fsp3) is 0.316. The minimum absolute atomic E-state index is 0.114. The van der Waals surface area contributed by atoms with Crippen LogP contribution in [0.25, 0.3) is 6.08 Å². The van der Waals surface area contributed by atoms with E-state index in [9.17, 15) is 14.4 Å². The number of fused-ring (bicyclic) bond motifs is 1. The van der Waals surface area contributed by atoms with Crippen LogP contribution in [0.4, 0.5) is 5.69 Å². The lowest BCUT2D eigenvalue weighted by molar-refractivity contribution is -0.137. The zero-order valence-electron chi connectivity index (χ0n) is 28.1. The van der Waals surface area contributed by atoms with Crippen LogP contribution in [0.3, 0.4) is 0 Å². The van der Waals surface area contributed by atoms with Gasteiger partial charge >= 0.3 is 0 Å². The summed E-state index contributed by atoms with van der Waals surface area (Å²) < 4.78 is 19.2. The Morgan fingerprint density at radius 3 is 2.45 bits per heavy atom. The topological polar surface area (TPSA) is 111 Å². The first-order chi connectivity index (χ1) is 23.7. The van der Waals surface area contributed by atoms with Crippen LogP contribution < -0.4 is 29.7 Å². The van der Waals surface area contributed by atoms with Crippen molar-refractivity contribution in [1.82, 2.24) is 9.47 Å². The van der Waals surface area contributed by atoms with E-state index < -0.39 is 6.04 Å². The Labute approximate surface area is 289 Å². The van der Waals surface area contributed by atoms with Gasteiger partial charge in [0.15, 0.2) is 22.9 Å². The zero-order chi connectivity index (χ0) is 34.5. The van der Waals surface area contributed by atoms with Crippen molar-refractivity contribution < 1.29 is 23.8 Å². The van der Waals surface area contributed by atoms with Gasteiger partial charge < -0.3 is 24.4 Å². The van der Waals surface area contributed by atoms with Crippen LogP contribution in [-0.4, -0.2) is 60.8 Å². The first-order valence-corrected chi connectivity index (χ1v) is 17.3. The summed E-state index contributed by atoms with van der Waals surface area (Å²) >= 11 is 1.27. The number of carbonyl (C=O) groups is 2. The lowest BCUT2D eigenvalue weighted by Gasteiger charge is -2.26. The Bertz CT molecular complexity index is 2040. The average molecular weight is 681 g/mol. The van der Waals surface area contributed by atoms with Gasteiger partial charge in [-0.2, -0.15) is 0 Å². The second kappa shape index (κ2) is 15.0. The highest BCUT2D eigenvalue weighted by molar-refractivity contribution is 7.07. The molecular formula is C38H40N4O6S. The number of aromatic nitrogens is 1. The van der Waals surface area contributed by atoms with E-state index in [1.807, 2.05) is 74.5 Å². The number of hydrogen-bond donors (Lipinski definition) is 1. The molecule has 3 heterocycles. The van der Waals surface area contributed by atoms with Gasteiger partial charge in [-0.15, -0.1) is 0 Å². The molecule has 11 heteroatoms. The number of benzene rings is 3. The summed E-state index contributed by atoms with van der Waals surface area (Å²) in [6, 6.07) is 22.0. The van der Waals surface area contributed by atoms with E-state index in [1.165, 1.54) is 11.3 Å². The van der Waals surface area contributed by atoms with Gasteiger partial charge in [0.2, 0.25) is 0 Å². The number of hydrogen-bond acceptors (Lipinski definition) is 8. The van der Waals surface area contributed by atoms with Gasteiger partial charge in [-0.3, -0.25) is 19.0 Å². The van der Waals surface area contributed by atoms with E-state index in [0.29, 0.717) is 76.6 Å². The molecule has 10 nitrogen and oxygen atoms in total. The number of rotatable bonds is 10. The molecule has 1 N–H and O–H groups in total. The quantitative estimate of drug-likeness (QED) is 0.262. The summed E-state index contributed by atoms with van der Waals surface area (Å²) in [5, 5.41) is 3.00. The van der Waals surface area contributed by atoms with Gasteiger partial charge in [-0.05, 0) is 66.8 Å². The number of carbonyl (C=O) groups excluding carboxylic acids is 2. The zero-order valence-corrected chi connectivity index (χ0v) is 28.9. The smallest absolute Gasteiger partial charge is 0.271 e. The SMILES string of the molecule is CCOc1cc(/C=c2/sc3n(c2=O)[C@@H](c2ccc(C(C)C)cc2)C(C(=O)Nc2ccccc2)=C(C)N=3)ccc1OCC(=O)N1CCOCC1. The monoisotopic (exact) mass is 680 g/mol. The molecule has 2 amide bonds. The van der Waals surface area contributed by atoms with Crippen LogP contribution >= 0.6 is 11.3 Å². The van der Waals surface area contributed by atoms with Crippen molar-refractivity contribution in [3.63, 3.8) is 0 Å². The van der Waals surface area contributed by atoms with Gasteiger partial charge in [-0.25, -0.2) is 4.99 Å². The predicted octanol–water partition coefficient (Wildman–Crippen LogP) is 4.63. The van der Waals surface area contributed by atoms with Crippen LogP contribution in [0, 0.1) is 0 Å². The molecule has 1 aromatic heterocycles. The van der Waals surface area contributed by atoms with Gasteiger partial charge in [0.25, 0.3) is 17.4 Å². The standard InChI is InChI=1S/C38H40N4O6S/c1-5-47-31-21-26(11-16-30(31)48-23-33(43)41-17-19-46-20-18-41)22-32-37(45)42-35(28-14-12-27(13-15-28)24(2)3)34(25(4)39-38(42)49-32)36(44)40-29-9-7-6-8-10-29/h6-16,21-22,24,35H,5,17-20,23H2,1-4H3,(H,40,44)/b32-22+/t35-/m0/s1. The number of allylic oxidation sites excluding steroid dienone is 1. The molecule has 2 aliphatic heterocycles. The molecule has 0 saturated carbocycles. The molecule has 1 fully saturated rings. The number of nitrogens with one attached hydrogen (secondary N) is 1. The number of anilines is 1. The van der Waals surface area contributed by atoms with Crippen LogP contribution in [0.1, 0.15) is 56.3 Å². The summed E-state index contributed by atoms with van der Waals surface area (Å²) in [5.74, 6) is 0.812. The van der Waals surface area contributed by atoms with Gasteiger partial charge in [0.1, 0.15) is 0 Å². The van der Waals surface area contributed by atoms with Gasteiger partial charge in [0, 0.05) is 18.8 Å². The van der Waals surface area contributed by atoms with Crippen LogP contribution in [-0.2, 0) is 14.3 Å². The van der Waals surface area contributed by atoms with E-state index in [2.05, 4.69) is 19.2 Å². The van der Waals surface area contributed by atoms with Crippen LogP contribution in [0.5, 0.6) is 11.5 Å². The molecule has 6 rings (SSSR count). The van der Waals surface area contributed by atoms with Gasteiger partial charge in [0.05, 0.1) is 41.7 Å². The maximum atomic E-state index is 14.2. The largest absolute Gasteiger partial charge is 0.490 e. The van der Waals surface area contributed by atoms with Gasteiger partial charge in [-0.1, -0.05) is 73.7 Å². The number of ether oxygens (including phenoxy) is 3. The Balaban J connectivity index is 1.36. The maximum Gasteiger partial charge on any atom is 0.271 e. The van der Waals surface area contributed by atoms with E-state index in [1.54, 1.807) is 27.7 Å². The molecule has 254 valence electrons. The molecule has 0 aliphatic carbocycles. The van der Waals surface area contributed by atoms with Crippen LogP contribution in [0.2, 0.25) is 0 Å². The molecule has 49 heavy (non-hydrogen) atoms. The predicted molar refractivity (Wildman–Crippen MR) is 190 cm³/mol. The number of para-hydroxylation sites is 1. The van der Waals surface area contributed by atoms with E-state index >= 15 is 0 Å². The molecule has 1 saturated heterocycles. The highest BCUT2D eigenvalue weighted by Gasteiger charge is 2.32. The molecule has 0 unspecified atom stereocenters. The molecule has 4 aromatic rings. The summed E-state index contributed by atoms with van der Waals surface area (Å²) in [7, 11) is 0. The second-order valence-corrected chi connectivity index (χ2v) is 13.2. The summed E-state index contributed by atoms with van der Waals surface area (Å²) in [4.78, 5) is 47.8. The molecule has 3 aromatic carbocycles. The van der Waals surface area contributed by atoms with E-state index in [-0.39, 0.29) is 24.0 Å². The van der Waals surface area contributed by atoms with Crippen molar-refractivity contribution in [3.8, 4) is 11.5 Å². The maximum absolute atomic E-state index is 14.2. The van der Waals surface area contributed by atoms with E-state index in [0.717, 1.165) is 16.7 Å². The first-order valence-electron chi connectivity index (χ1n) is 16.5. The molecule has 0 spiro atoms. The minimum Gasteiger partial charge on any atom is -0.490 e. The third-order valence-electron chi connectivity index (χ3n) is 8.50. The third kappa shape index (κ3) is 7.53. The average Bonchev–Trinajstić information content (AvgIpc) is 3.41. The Morgan fingerprint density at radius 1 is 1.02 bits per heavy atom. The van der Waals surface area contributed by atoms with E-state index in [4.69, 9.17) is 19.2 Å². The normalized spacial score (nSPS) is 16.3. The highest BCUT2D eigenvalue weighted by Crippen LogP contribution is 2.32. The first kappa shape index (κ1) is 33.9. The van der Waals surface area contributed by atoms with Crippen molar-refractivity contribution in [2.45, 2.75) is 39.7 Å². The molecule has 0 bridgehead atoms. The van der Waals surface area contributed by atoms with Crippen molar-refractivity contribution >= 4 is 34.9 Å². The Hall–Kier alpha value is -5.00. The summed E-state index contributed by atoms with van der Waals surface area (Å²) in [6.07, 6.45) is 1.79. The summed E-state index contributed by atoms with van der Waals surface area (Å²) in [5.41, 5.74) is 4.05. The number of amides is 2.